The highest BCUT2D eigenvalue weighted by Crippen LogP contribution is 2.19. The highest BCUT2D eigenvalue weighted by molar-refractivity contribution is 6.35. The number of nitrogens with zero attached hydrogens (tertiary/aromatic N) is 1. The predicted molar refractivity (Wildman–Crippen MR) is 68.9 cm³/mol. The van der Waals surface area contributed by atoms with E-state index in [0.717, 1.165) is 0 Å². The Hall–Kier alpha value is -0.880. The summed E-state index contributed by atoms with van der Waals surface area (Å²) in [7, 11) is 0. The number of aliphatic hydroxyl groups is 2. The van der Waals surface area contributed by atoms with E-state index < -0.39 is 11.4 Å². The largest absolute Gasteiger partial charge is 0.394 e. The van der Waals surface area contributed by atoms with Gasteiger partial charge in [0, 0.05) is 6.20 Å². The topological polar surface area (TPSA) is 82.5 Å². The molecule has 3 N–H and O–H groups in total. The van der Waals surface area contributed by atoms with Gasteiger partial charge in [0.05, 0.1) is 29.3 Å². The minimum absolute atomic E-state index is 0.139. The van der Waals surface area contributed by atoms with Gasteiger partial charge in [-0.15, -0.1) is 0 Å². The molecule has 0 bridgehead atoms. The third kappa shape index (κ3) is 3.32. The summed E-state index contributed by atoms with van der Waals surface area (Å²) in [4.78, 5) is 15.7. The Morgan fingerprint density at radius 3 is 2.56 bits per heavy atom. The molecular weight excluding hydrogens is 279 g/mol. The van der Waals surface area contributed by atoms with Crippen molar-refractivity contribution >= 4 is 29.1 Å². The second-order valence-electron chi connectivity index (χ2n) is 3.89. The molecule has 0 aromatic carbocycles. The standard InChI is InChI=1S/C11H14Cl2N2O3/c1-2-11(5-16,6-17)15-10(18)7-3-9(13)14-4-8(7)12/h3-4,16-17H,2,5-6H2,1H3,(H,15,18). The van der Waals surface area contributed by atoms with Gasteiger partial charge in [-0.25, -0.2) is 4.98 Å². The highest BCUT2D eigenvalue weighted by Gasteiger charge is 2.29. The summed E-state index contributed by atoms with van der Waals surface area (Å²) in [6.45, 7) is 0.998. The number of nitrogens with one attached hydrogen (secondary N) is 1. The number of aliphatic hydroxyl groups excluding tert-OH is 2. The van der Waals surface area contributed by atoms with E-state index in [1.165, 1.54) is 12.3 Å². The van der Waals surface area contributed by atoms with Crippen molar-refractivity contribution in [3.8, 4) is 0 Å². The second kappa shape index (κ2) is 6.33. The van der Waals surface area contributed by atoms with Crippen molar-refractivity contribution in [2.75, 3.05) is 13.2 Å². The zero-order valence-electron chi connectivity index (χ0n) is 9.78. The maximum absolute atomic E-state index is 12.0. The van der Waals surface area contributed by atoms with Crippen LogP contribution >= 0.6 is 23.2 Å². The fraction of sp³-hybridized carbons (Fsp3) is 0.455. The Labute approximate surface area is 115 Å². The molecular formula is C11H14Cl2N2O3. The molecule has 0 aliphatic carbocycles. The summed E-state index contributed by atoms with van der Waals surface area (Å²) in [6, 6.07) is 1.33. The molecule has 100 valence electrons. The number of carbonyl (C=O) groups is 1. The molecule has 1 aromatic heterocycles. The van der Waals surface area contributed by atoms with Crippen LogP contribution in [0.25, 0.3) is 0 Å². The molecule has 0 unspecified atom stereocenters. The molecule has 0 saturated heterocycles. The van der Waals surface area contributed by atoms with Gasteiger partial charge in [0.15, 0.2) is 0 Å². The summed E-state index contributed by atoms with van der Waals surface area (Å²) >= 11 is 11.5. The third-order valence-electron chi connectivity index (χ3n) is 2.73. The minimum atomic E-state index is -1.07. The molecule has 5 nitrogen and oxygen atoms in total. The quantitative estimate of drug-likeness (QED) is 0.714. The van der Waals surface area contributed by atoms with Crippen LogP contribution in [0.1, 0.15) is 23.7 Å². The number of carbonyl (C=O) groups excluding carboxylic acids is 1. The van der Waals surface area contributed by atoms with Gasteiger partial charge in [0.25, 0.3) is 5.91 Å². The van der Waals surface area contributed by atoms with Crippen molar-refractivity contribution in [1.82, 2.24) is 10.3 Å². The Morgan fingerprint density at radius 2 is 2.06 bits per heavy atom. The minimum Gasteiger partial charge on any atom is -0.394 e. The third-order valence-corrected chi connectivity index (χ3v) is 3.24. The molecule has 7 heteroatoms. The lowest BCUT2D eigenvalue weighted by atomic mass is 9.98. The molecule has 0 aliphatic heterocycles. The molecule has 1 rings (SSSR count). The smallest absolute Gasteiger partial charge is 0.253 e. The lowest BCUT2D eigenvalue weighted by molar-refractivity contribution is 0.0653. The summed E-state index contributed by atoms with van der Waals surface area (Å²) in [5, 5.41) is 21.3. The average molecular weight is 293 g/mol. The molecule has 0 saturated carbocycles. The molecule has 0 aliphatic rings. The van der Waals surface area contributed by atoms with Gasteiger partial charge in [-0.3, -0.25) is 4.79 Å². The summed E-state index contributed by atoms with van der Waals surface area (Å²) < 4.78 is 0. The first-order valence-electron chi connectivity index (χ1n) is 5.33. The number of aromatic nitrogens is 1. The van der Waals surface area contributed by atoms with E-state index >= 15 is 0 Å². The van der Waals surface area contributed by atoms with Crippen molar-refractivity contribution in [1.29, 1.82) is 0 Å². The van der Waals surface area contributed by atoms with E-state index in [1.807, 2.05) is 0 Å². The van der Waals surface area contributed by atoms with Gasteiger partial charge < -0.3 is 15.5 Å². The highest BCUT2D eigenvalue weighted by atomic mass is 35.5. The molecule has 0 spiro atoms. The first-order valence-corrected chi connectivity index (χ1v) is 6.09. The van der Waals surface area contributed by atoms with Gasteiger partial charge in [-0.05, 0) is 12.5 Å². The molecule has 0 atom stereocenters. The van der Waals surface area contributed by atoms with Crippen LogP contribution in [0.15, 0.2) is 12.3 Å². The number of halogens is 2. The van der Waals surface area contributed by atoms with E-state index in [4.69, 9.17) is 23.2 Å². The monoisotopic (exact) mass is 292 g/mol. The lowest BCUT2D eigenvalue weighted by Crippen LogP contribution is -2.53. The second-order valence-corrected chi connectivity index (χ2v) is 4.69. The zero-order chi connectivity index (χ0) is 13.8. The van der Waals surface area contributed by atoms with E-state index in [2.05, 4.69) is 10.3 Å². The van der Waals surface area contributed by atoms with Crippen LogP contribution in [-0.2, 0) is 0 Å². The number of pyridine rings is 1. The Kier molecular flexibility index (Phi) is 5.34. The Balaban J connectivity index is 2.97. The number of hydrogen-bond donors (Lipinski definition) is 3. The number of rotatable bonds is 5. The fourth-order valence-electron chi connectivity index (χ4n) is 1.34. The van der Waals surface area contributed by atoms with Gasteiger partial charge in [0.1, 0.15) is 5.15 Å². The average Bonchev–Trinajstić information content (AvgIpc) is 2.38. The molecule has 1 aromatic rings. The maximum atomic E-state index is 12.0. The predicted octanol–water partition coefficient (Wildman–Crippen LogP) is 1.25. The maximum Gasteiger partial charge on any atom is 0.253 e. The zero-order valence-corrected chi connectivity index (χ0v) is 11.3. The number of hydrogen-bond acceptors (Lipinski definition) is 4. The van der Waals surface area contributed by atoms with Crippen LogP contribution in [0, 0.1) is 0 Å². The Morgan fingerprint density at radius 1 is 1.44 bits per heavy atom. The van der Waals surface area contributed by atoms with Crippen molar-refractivity contribution in [2.45, 2.75) is 18.9 Å². The van der Waals surface area contributed by atoms with Gasteiger partial charge in [-0.1, -0.05) is 30.1 Å². The summed E-state index contributed by atoms with van der Waals surface area (Å²) in [5.41, 5.74) is -0.924. The molecule has 1 heterocycles. The Bertz CT molecular complexity index is 428. The molecule has 18 heavy (non-hydrogen) atoms. The van der Waals surface area contributed by atoms with Gasteiger partial charge in [-0.2, -0.15) is 0 Å². The van der Waals surface area contributed by atoms with Crippen LogP contribution < -0.4 is 5.32 Å². The van der Waals surface area contributed by atoms with Crippen molar-refractivity contribution in [3.05, 3.63) is 28.0 Å². The van der Waals surface area contributed by atoms with Crippen molar-refractivity contribution in [3.63, 3.8) is 0 Å². The number of amides is 1. The summed E-state index contributed by atoms with van der Waals surface area (Å²) in [6.07, 6.45) is 1.65. The van der Waals surface area contributed by atoms with Crippen molar-refractivity contribution < 1.29 is 15.0 Å². The van der Waals surface area contributed by atoms with Gasteiger partial charge >= 0.3 is 0 Å². The van der Waals surface area contributed by atoms with Crippen LogP contribution in [-0.4, -0.2) is 39.9 Å². The molecule has 1 amide bonds. The van der Waals surface area contributed by atoms with E-state index in [-0.39, 0.29) is 29.0 Å². The SMILES string of the molecule is CCC(CO)(CO)NC(=O)c1cc(Cl)ncc1Cl. The van der Waals surface area contributed by atoms with Crippen molar-refractivity contribution in [2.24, 2.45) is 0 Å². The van der Waals surface area contributed by atoms with E-state index in [0.29, 0.717) is 6.42 Å². The van der Waals surface area contributed by atoms with E-state index in [9.17, 15) is 15.0 Å². The lowest BCUT2D eigenvalue weighted by Gasteiger charge is -2.29. The molecule has 0 radical (unpaired) electrons. The van der Waals surface area contributed by atoms with Gasteiger partial charge in [0.2, 0.25) is 0 Å². The fourth-order valence-corrected chi connectivity index (χ4v) is 1.68. The molecule has 0 fully saturated rings. The van der Waals surface area contributed by atoms with E-state index in [1.54, 1.807) is 6.92 Å². The van der Waals surface area contributed by atoms with Crippen LogP contribution in [0.2, 0.25) is 10.2 Å². The van der Waals surface area contributed by atoms with Crippen LogP contribution in [0.4, 0.5) is 0 Å². The first kappa shape index (κ1) is 15.2. The normalized spacial score (nSPS) is 11.4. The van der Waals surface area contributed by atoms with Crippen LogP contribution in [0.3, 0.4) is 0 Å². The van der Waals surface area contributed by atoms with Crippen LogP contribution in [0.5, 0.6) is 0 Å². The first-order chi connectivity index (χ1) is 8.48. The summed E-state index contributed by atoms with van der Waals surface area (Å²) in [5.74, 6) is -0.519.